The summed E-state index contributed by atoms with van der Waals surface area (Å²) in [6.45, 7) is 13.3. The van der Waals surface area contributed by atoms with Crippen LogP contribution in [0.15, 0.2) is 71.7 Å². The van der Waals surface area contributed by atoms with Gasteiger partial charge in [-0.15, -0.1) is 4.99 Å². The Morgan fingerprint density at radius 2 is 1.53 bits per heavy atom. The molecule has 1 aliphatic carbocycles. The minimum absolute atomic E-state index is 0.0293. The number of benzene rings is 3. The molecule has 2 N–H and O–H groups in total. The van der Waals surface area contributed by atoms with Crippen LogP contribution < -0.4 is 15.4 Å². The van der Waals surface area contributed by atoms with E-state index in [0.29, 0.717) is 17.0 Å². The lowest BCUT2D eigenvalue weighted by molar-refractivity contribution is -0.136. The third-order valence-electron chi connectivity index (χ3n) is 8.26. The van der Waals surface area contributed by atoms with Crippen LogP contribution in [0.25, 0.3) is 0 Å². The number of ether oxygens (including phenoxy) is 3. The molecule has 292 valence electrons. The minimum Gasteiger partial charge on any atom is -0.444 e. The molecule has 0 saturated heterocycles. The van der Waals surface area contributed by atoms with Crippen molar-refractivity contribution >= 4 is 47.3 Å². The van der Waals surface area contributed by atoms with E-state index in [2.05, 4.69) is 15.6 Å². The zero-order valence-corrected chi connectivity index (χ0v) is 32.7. The highest BCUT2D eigenvalue weighted by Crippen LogP contribution is 2.36. The number of alkyl carbamates (subject to hydrolysis) is 1. The number of hydrogen-bond donors (Lipinski definition) is 2. The van der Waals surface area contributed by atoms with E-state index in [9.17, 15) is 28.8 Å². The summed E-state index contributed by atoms with van der Waals surface area (Å²) in [5.41, 5.74) is 2.33. The van der Waals surface area contributed by atoms with Crippen molar-refractivity contribution in [2.75, 3.05) is 11.9 Å². The third kappa shape index (κ3) is 13.5. The number of nitrogens with zero attached hydrogens (tertiary/aromatic N) is 2. The van der Waals surface area contributed by atoms with Crippen molar-refractivity contribution in [2.45, 2.75) is 105 Å². The van der Waals surface area contributed by atoms with Crippen molar-refractivity contribution in [3.05, 3.63) is 94.5 Å². The predicted octanol–water partition coefficient (Wildman–Crippen LogP) is 7.76. The number of guanidine groups is 1. The average Bonchev–Trinajstić information content (AvgIpc) is 3.06. The maximum absolute atomic E-state index is 13.6. The van der Waals surface area contributed by atoms with Gasteiger partial charge in [0.05, 0.1) is 12.1 Å². The SMILES string of the molecule is CC(=O)CN(Cc1cccc(C(C)=O)c1)C(=O)CC1CCCc2cc(OC(=O)c3ccc(N/C(=N\C(=O)OC(C)(C)C)NC(=O)OC(C)(C)C)cc3)ccc21. The Morgan fingerprint density at radius 1 is 0.836 bits per heavy atom. The molecule has 0 saturated carbocycles. The minimum atomic E-state index is -0.933. The lowest BCUT2D eigenvalue weighted by Gasteiger charge is -2.29. The number of rotatable bonds is 10. The van der Waals surface area contributed by atoms with E-state index in [1.54, 1.807) is 82.8 Å². The molecule has 3 aromatic carbocycles. The number of esters is 1. The summed E-state index contributed by atoms with van der Waals surface area (Å²) in [6.07, 6.45) is 0.830. The van der Waals surface area contributed by atoms with Crippen LogP contribution in [-0.2, 0) is 32.0 Å². The first-order valence-electron chi connectivity index (χ1n) is 18.2. The smallest absolute Gasteiger partial charge is 0.437 e. The number of Topliss-reactive ketones (excluding diaryl/α,β-unsaturated/α-hetero) is 2. The third-order valence-corrected chi connectivity index (χ3v) is 8.26. The van der Waals surface area contributed by atoms with Crippen LogP contribution in [0.2, 0.25) is 0 Å². The van der Waals surface area contributed by atoms with Gasteiger partial charge in [0.2, 0.25) is 11.9 Å². The van der Waals surface area contributed by atoms with Gasteiger partial charge in [0.1, 0.15) is 22.7 Å². The number of nitrogens with one attached hydrogen (secondary N) is 2. The van der Waals surface area contributed by atoms with Gasteiger partial charge in [0.15, 0.2) is 5.78 Å². The Hall–Kier alpha value is -5.85. The fourth-order valence-electron chi connectivity index (χ4n) is 5.97. The van der Waals surface area contributed by atoms with Crippen LogP contribution in [0.1, 0.15) is 118 Å². The quantitative estimate of drug-likeness (QED) is 0.0686. The highest BCUT2D eigenvalue weighted by Gasteiger charge is 2.27. The number of aryl methyl sites for hydroxylation is 1. The lowest BCUT2D eigenvalue weighted by Crippen LogP contribution is -2.40. The Bertz CT molecular complexity index is 1960. The number of hydrogen-bond acceptors (Lipinski definition) is 9. The van der Waals surface area contributed by atoms with E-state index in [-0.39, 0.29) is 54.4 Å². The van der Waals surface area contributed by atoms with Crippen LogP contribution in [0.4, 0.5) is 15.3 Å². The van der Waals surface area contributed by atoms with E-state index in [1.807, 2.05) is 18.2 Å². The number of amides is 3. The Labute approximate surface area is 321 Å². The number of ketones is 2. The zero-order chi connectivity index (χ0) is 40.5. The first kappa shape index (κ1) is 41.9. The first-order valence-corrected chi connectivity index (χ1v) is 18.2. The molecule has 1 aliphatic rings. The number of fused-ring (bicyclic) bond motifs is 1. The zero-order valence-electron chi connectivity index (χ0n) is 32.7. The average molecular weight is 755 g/mol. The van der Waals surface area contributed by atoms with Crippen LogP contribution in [0.5, 0.6) is 5.75 Å². The van der Waals surface area contributed by atoms with Gasteiger partial charge in [-0.3, -0.25) is 19.7 Å². The summed E-state index contributed by atoms with van der Waals surface area (Å²) in [5, 5.41) is 5.26. The lowest BCUT2D eigenvalue weighted by atomic mass is 9.80. The van der Waals surface area contributed by atoms with Crippen molar-refractivity contribution in [3.8, 4) is 5.75 Å². The van der Waals surface area contributed by atoms with Gasteiger partial charge < -0.3 is 24.4 Å². The van der Waals surface area contributed by atoms with Crippen molar-refractivity contribution in [1.29, 1.82) is 0 Å². The summed E-state index contributed by atoms with van der Waals surface area (Å²) >= 11 is 0. The molecule has 4 rings (SSSR count). The highest BCUT2D eigenvalue weighted by atomic mass is 16.6. The standard InChI is InChI=1S/C42H50N4O9/c1-26(47)24-46(25-28-11-9-12-30(21-28)27(2)48)36(49)23-32-14-10-13-31-22-34(19-20-35(31)32)53-37(50)29-15-17-33(18-16-29)43-38(44-39(51)54-41(3,4)5)45-40(52)55-42(6,7)8/h9,11-12,15-22,32H,10,13-14,23-25H2,1-8H3,(H2,43,44,45,51,52). The summed E-state index contributed by atoms with van der Waals surface area (Å²) in [4.78, 5) is 81.0. The molecule has 1 atom stereocenters. The molecule has 3 amide bonds. The number of aliphatic imine (C=N–C) groups is 1. The van der Waals surface area contributed by atoms with Gasteiger partial charge in [-0.1, -0.05) is 24.3 Å². The summed E-state index contributed by atoms with van der Waals surface area (Å²) in [7, 11) is 0. The van der Waals surface area contributed by atoms with Gasteiger partial charge in [-0.05, 0) is 140 Å². The van der Waals surface area contributed by atoms with E-state index >= 15 is 0 Å². The Balaban J connectivity index is 1.42. The van der Waals surface area contributed by atoms with Crippen molar-refractivity contribution < 1.29 is 43.0 Å². The van der Waals surface area contributed by atoms with Crippen LogP contribution in [-0.4, -0.2) is 64.2 Å². The molecule has 0 aromatic heterocycles. The van der Waals surface area contributed by atoms with Gasteiger partial charge in [-0.2, -0.15) is 0 Å². The molecule has 3 aromatic rings. The number of anilines is 1. The van der Waals surface area contributed by atoms with Gasteiger partial charge in [0, 0.05) is 24.2 Å². The van der Waals surface area contributed by atoms with E-state index in [1.165, 1.54) is 26.0 Å². The van der Waals surface area contributed by atoms with E-state index in [4.69, 9.17) is 14.2 Å². The van der Waals surface area contributed by atoms with Crippen LogP contribution in [0, 0.1) is 0 Å². The topological polar surface area (TPSA) is 170 Å². The predicted molar refractivity (Wildman–Crippen MR) is 207 cm³/mol. The molecule has 13 nitrogen and oxygen atoms in total. The second-order valence-corrected chi connectivity index (χ2v) is 15.5. The van der Waals surface area contributed by atoms with Crippen LogP contribution in [0.3, 0.4) is 0 Å². The molecule has 55 heavy (non-hydrogen) atoms. The Morgan fingerprint density at radius 3 is 2.16 bits per heavy atom. The highest BCUT2D eigenvalue weighted by molar-refractivity contribution is 6.06. The van der Waals surface area contributed by atoms with Crippen molar-refractivity contribution in [3.63, 3.8) is 0 Å². The molecule has 1 unspecified atom stereocenters. The maximum atomic E-state index is 13.6. The Kier molecular flexibility index (Phi) is 13.7. The monoisotopic (exact) mass is 754 g/mol. The summed E-state index contributed by atoms with van der Waals surface area (Å²) in [5.74, 6) is -0.920. The molecule has 0 heterocycles. The molecule has 0 radical (unpaired) electrons. The summed E-state index contributed by atoms with van der Waals surface area (Å²) < 4.78 is 16.3. The van der Waals surface area contributed by atoms with E-state index < -0.39 is 29.4 Å². The number of carbonyl (C=O) groups is 6. The van der Waals surface area contributed by atoms with Gasteiger partial charge >= 0.3 is 18.2 Å². The van der Waals surface area contributed by atoms with Gasteiger partial charge in [0.25, 0.3) is 0 Å². The fraction of sp³-hybridized carbons (Fsp3) is 0.405. The number of carbonyl (C=O) groups excluding carboxylic acids is 6. The van der Waals surface area contributed by atoms with Gasteiger partial charge in [-0.25, -0.2) is 14.4 Å². The largest absolute Gasteiger partial charge is 0.444 e. The molecule has 0 fully saturated rings. The summed E-state index contributed by atoms with van der Waals surface area (Å²) in [6, 6.07) is 18.6. The molecule has 0 bridgehead atoms. The molecule has 0 aliphatic heterocycles. The van der Waals surface area contributed by atoms with Crippen molar-refractivity contribution in [1.82, 2.24) is 10.2 Å². The van der Waals surface area contributed by atoms with Crippen LogP contribution >= 0.6 is 0 Å². The molecular formula is C42H50N4O9. The first-order chi connectivity index (χ1) is 25.7. The fourth-order valence-corrected chi connectivity index (χ4v) is 5.97. The molecule has 0 spiro atoms. The van der Waals surface area contributed by atoms with Crippen molar-refractivity contribution in [2.24, 2.45) is 4.99 Å². The second kappa shape index (κ2) is 18.0. The maximum Gasteiger partial charge on any atom is 0.437 e. The second-order valence-electron chi connectivity index (χ2n) is 15.5. The van der Waals surface area contributed by atoms with E-state index in [0.717, 1.165) is 36.0 Å². The normalized spacial score (nSPS) is 14.2. The molecule has 13 heteroatoms. The molecular weight excluding hydrogens is 704 g/mol.